The lowest BCUT2D eigenvalue weighted by molar-refractivity contribution is -0.0487. The number of methoxy groups -OCH3 is 1. The highest BCUT2D eigenvalue weighted by Crippen LogP contribution is 2.51. The van der Waals surface area contributed by atoms with Crippen LogP contribution < -0.4 is 0 Å². The molecule has 0 aromatic heterocycles. The number of carbonyl (C=O) groups is 1. The number of Topliss-reactive ketones (excluding diaryl/α,β-unsaturated/α-hetero) is 1. The summed E-state index contributed by atoms with van der Waals surface area (Å²) in [6.45, 7) is 4.57. The van der Waals surface area contributed by atoms with E-state index in [9.17, 15) is 9.36 Å². The molecule has 7 heteroatoms. The third-order valence-electron chi connectivity index (χ3n) is 4.67. The van der Waals surface area contributed by atoms with Crippen LogP contribution in [0.15, 0.2) is 60.7 Å². The minimum absolute atomic E-state index is 0.0507. The summed E-state index contributed by atoms with van der Waals surface area (Å²) in [4.78, 5) is 13.8. The molecule has 0 aliphatic heterocycles. The Morgan fingerprint density at radius 1 is 0.900 bits per heavy atom. The van der Waals surface area contributed by atoms with E-state index in [0.29, 0.717) is 17.7 Å². The van der Waals surface area contributed by atoms with E-state index in [1.807, 2.05) is 48.5 Å². The smallest absolute Gasteiger partial charge is 0.330 e. The van der Waals surface area contributed by atoms with Gasteiger partial charge in [0.2, 0.25) is 0 Å². The standard InChI is InChI=1S/C23H31O6P/c1-4-28-30(25,29-5-2)19-16-23(27-18-17-26-3,21-14-10-7-11-15-21)22(24)20-12-8-6-9-13-20/h6-15H,4-5,16-19H2,1-3H3. The Morgan fingerprint density at radius 2 is 1.47 bits per heavy atom. The van der Waals surface area contributed by atoms with Gasteiger partial charge in [0.15, 0.2) is 11.4 Å². The van der Waals surface area contributed by atoms with E-state index in [4.69, 9.17) is 18.5 Å². The zero-order valence-corrected chi connectivity index (χ0v) is 18.8. The van der Waals surface area contributed by atoms with Gasteiger partial charge in [0.05, 0.1) is 32.6 Å². The maximum Gasteiger partial charge on any atom is 0.330 e. The van der Waals surface area contributed by atoms with E-state index in [0.717, 1.165) is 0 Å². The molecule has 0 aliphatic rings. The number of hydrogen-bond donors (Lipinski definition) is 0. The van der Waals surface area contributed by atoms with E-state index >= 15 is 0 Å². The molecule has 30 heavy (non-hydrogen) atoms. The van der Waals surface area contributed by atoms with Crippen LogP contribution in [0.5, 0.6) is 0 Å². The number of benzene rings is 2. The van der Waals surface area contributed by atoms with Crippen molar-refractivity contribution in [3.8, 4) is 0 Å². The average Bonchev–Trinajstić information content (AvgIpc) is 2.77. The molecule has 164 valence electrons. The van der Waals surface area contributed by atoms with E-state index in [1.165, 1.54) is 0 Å². The van der Waals surface area contributed by atoms with E-state index in [1.54, 1.807) is 33.1 Å². The van der Waals surface area contributed by atoms with Crippen LogP contribution in [-0.2, 0) is 28.7 Å². The van der Waals surface area contributed by atoms with Crippen molar-refractivity contribution in [1.82, 2.24) is 0 Å². The first-order chi connectivity index (χ1) is 14.5. The third-order valence-corrected chi connectivity index (χ3v) is 6.74. The second-order valence-electron chi connectivity index (χ2n) is 6.65. The topological polar surface area (TPSA) is 71.1 Å². The van der Waals surface area contributed by atoms with E-state index < -0.39 is 13.2 Å². The predicted octanol–water partition coefficient (Wildman–Crippen LogP) is 5.08. The summed E-state index contributed by atoms with van der Waals surface area (Å²) in [6.07, 6.45) is 0.195. The highest BCUT2D eigenvalue weighted by molar-refractivity contribution is 7.53. The summed E-state index contributed by atoms with van der Waals surface area (Å²) < 4.78 is 35.4. The molecule has 0 saturated carbocycles. The Morgan fingerprint density at radius 3 is 2.00 bits per heavy atom. The molecule has 0 radical (unpaired) electrons. The average molecular weight is 434 g/mol. The molecular weight excluding hydrogens is 403 g/mol. The quantitative estimate of drug-likeness (QED) is 0.234. The van der Waals surface area contributed by atoms with Crippen molar-refractivity contribution in [2.45, 2.75) is 25.9 Å². The molecule has 6 nitrogen and oxygen atoms in total. The lowest BCUT2D eigenvalue weighted by Crippen LogP contribution is -2.41. The molecule has 2 aromatic carbocycles. The van der Waals surface area contributed by atoms with Crippen LogP contribution in [0.3, 0.4) is 0 Å². The van der Waals surface area contributed by atoms with Gasteiger partial charge in [-0.2, -0.15) is 0 Å². The molecule has 1 atom stereocenters. The lowest BCUT2D eigenvalue weighted by Gasteiger charge is -2.34. The zero-order chi connectivity index (χ0) is 21.9. The first-order valence-electron chi connectivity index (χ1n) is 10.2. The van der Waals surface area contributed by atoms with Crippen LogP contribution >= 0.6 is 7.60 Å². The molecule has 1 unspecified atom stereocenters. The Hall–Kier alpha value is -1.82. The van der Waals surface area contributed by atoms with Gasteiger partial charge < -0.3 is 18.5 Å². The van der Waals surface area contributed by atoms with Crippen LogP contribution in [0.2, 0.25) is 0 Å². The molecule has 0 bridgehead atoms. The van der Waals surface area contributed by atoms with Crippen molar-refractivity contribution in [2.75, 3.05) is 39.7 Å². The first kappa shape index (κ1) is 24.4. The highest BCUT2D eigenvalue weighted by atomic mass is 31.2. The number of ketones is 1. The molecule has 0 spiro atoms. The summed E-state index contributed by atoms with van der Waals surface area (Å²) in [5, 5.41) is 0. The van der Waals surface area contributed by atoms with Gasteiger partial charge in [-0.15, -0.1) is 0 Å². The molecular formula is C23H31O6P. The second-order valence-corrected chi connectivity index (χ2v) is 8.83. The maximum absolute atomic E-state index is 13.8. The molecule has 0 fully saturated rings. The molecule has 0 amide bonds. The van der Waals surface area contributed by atoms with E-state index in [-0.39, 0.29) is 38.2 Å². The summed E-state index contributed by atoms with van der Waals surface area (Å²) in [5.74, 6) is -0.204. The van der Waals surface area contributed by atoms with Gasteiger partial charge >= 0.3 is 7.60 Å². The lowest BCUT2D eigenvalue weighted by atomic mass is 9.83. The van der Waals surface area contributed by atoms with Gasteiger partial charge in [0.25, 0.3) is 0 Å². The van der Waals surface area contributed by atoms with Crippen LogP contribution in [0.25, 0.3) is 0 Å². The molecule has 2 rings (SSSR count). The van der Waals surface area contributed by atoms with Gasteiger partial charge in [-0.1, -0.05) is 60.7 Å². The van der Waals surface area contributed by atoms with Gasteiger partial charge in [-0.25, -0.2) is 0 Å². The fourth-order valence-electron chi connectivity index (χ4n) is 3.29. The summed E-state index contributed by atoms with van der Waals surface area (Å²) in [5.41, 5.74) is -0.138. The van der Waals surface area contributed by atoms with Gasteiger partial charge in [0, 0.05) is 12.7 Å². The summed E-state index contributed by atoms with van der Waals surface area (Å²) >= 11 is 0. The second kappa shape index (κ2) is 12.1. The highest BCUT2D eigenvalue weighted by Gasteiger charge is 2.44. The van der Waals surface area contributed by atoms with Gasteiger partial charge in [-0.3, -0.25) is 9.36 Å². The monoisotopic (exact) mass is 434 g/mol. The Balaban J connectivity index is 2.49. The van der Waals surface area contributed by atoms with Crippen molar-refractivity contribution >= 4 is 13.4 Å². The number of hydrogen-bond acceptors (Lipinski definition) is 6. The van der Waals surface area contributed by atoms with Gasteiger partial charge in [-0.05, 0) is 25.8 Å². The first-order valence-corrected chi connectivity index (χ1v) is 11.9. The number of rotatable bonds is 14. The summed E-state index contributed by atoms with van der Waals surface area (Å²) in [6, 6.07) is 18.3. The fourth-order valence-corrected chi connectivity index (χ4v) is 5.00. The van der Waals surface area contributed by atoms with E-state index in [2.05, 4.69) is 0 Å². The van der Waals surface area contributed by atoms with Crippen molar-refractivity contribution in [3.63, 3.8) is 0 Å². The minimum atomic E-state index is -3.37. The molecule has 0 aliphatic carbocycles. The number of carbonyl (C=O) groups excluding carboxylic acids is 1. The van der Waals surface area contributed by atoms with Gasteiger partial charge in [0.1, 0.15) is 0 Å². The largest absolute Gasteiger partial charge is 0.382 e. The van der Waals surface area contributed by atoms with Crippen molar-refractivity contribution in [2.24, 2.45) is 0 Å². The normalized spacial score (nSPS) is 13.7. The van der Waals surface area contributed by atoms with Crippen LogP contribution in [0, 0.1) is 0 Å². The number of ether oxygens (including phenoxy) is 2. The third kappa shape index (κ3) is 6.34. The zero-order valence-electron chi connectivity index (χ0n) is 17.9. The van der Waals surface area contributed by atoms with Crippen molar-refractivity contribution in [1.29, 1.82) is 0 Å². The van der Waals surface area contributed by atoms with Crippen LogP contribution in [0.1, 0.15) is 36.2 Å². The predicted molar refractivity (Wildman–Crippen MR) is 117 cm³/mol. The van der Waals surface area contributed by atoms with Crippen molar-refractivity contribution < 1.29 is 27.9 Å². The SMILES string of the molecule is CCOP(=O)(CCC(OCCOC)(C(=O)c1ccccc1)c1ccccc1)OCC. The Bertz CT molecular complexity index is 801. The fraction of sp³-hybridized carbons (Fsp3) is 0.435. The molecule has 0 heterocycles. The Labute approximate surface area is 179 Å². The maximum atomic E-state index is 13.8. The van der Waals surface area contributed by atoms with Crippen LogP contribution in [-0.4, -0.2) is 45.5 Å². The Kier molecular flexibility index (Phi) is 9.89. The molecule has 0 N–H and O–H groups in total. The minimum Gasteiger partial charge on any atom is -0.382 e. The summed E-state index contributed by atoms with van der Waals surface area (Å²) in [7, 11) is -1.80. The molecule has 0 saturated heterocycles. The van der Waals surface area contributed by atoms with Crippen LogP contribution in [0.4, 0.5) is 0 Å². The molecule has 2 aromatic rings. The van der Waals surface area contributed by atoms with Crippen molar-refractivity contribution in [3.05, 3.63) is 71.8 Å².